The van der Waals surface area contributed by atoms with Crippen LogP contribution >= 0.6 is 92.8 Å². The molecule has 0 unspecified atom stereocenters. The summed E-state index contributed by atoms with van der Waals surface area (Å²) in [7, 11) is 0. The molecule has 2 rings (SSSR count). The van der Waals surface area contributed by atoms with Gasteiger partial charge in [-0.1, -0.05) is 92.8 Å². The quantitative estimate of drug-likeness (QED) is 0.208. The summed E-state index contributed by atoms with van der Waals surface area (Å²) in [5, 5.41) is 32.3. The number of carbonyl (C=O) groups is 4. The van der Waals surface area contributed by atoms with Gasteiger partial charge in [-0.2, -0.15) is 0 Å². The van der Waals surface area contributed by atoms with Gasteiger partial charge >= 0.3 is 23.9 Å². The summed E-state index contributed by atoms with van der Waals surface area (Å²) in [6.07, 6.45) is 0. The Labute approximate surface area is 217 Å². The van der Waals surface area contributed by atoms with Gasteiger partial charge in [0.25, 0.3) is 0 Å². The fraction of sp³-hybridized carbons (Fsp3) is 0. The van der Waals surface area contributed by atoms with Crippen molar-refractivity contribution in [3.05, 3.63) is 62.4 Å². The van der Waals surface area contributed by atoms with Crippen LogP contribution in [-0.2, 0) is 0 Å². The van der Waals surface area contributed by atoms with Crippen molar-refractivity contribution in [2.75, 3.05) is 0 Å². The maximum Gasteiger partial charge on any atom is 0.338 e. The van der Waals surface area contributed by atoms with E-state index in [4.69, 9.17) is 113 Å². The smallest absolute Gasteiger partial charge is 0.338 e. The zero-order valence-corrected chi connectivity index (χ0v) is 20.5. The third-order valence-corrected chi connectivity index (χ3v) is 6.99. The molecule has 0 fully saturated rings. The molecule has 0 aliphatic carbocycles. The van der Waals surface area contributed by atoms with E-state index in [1.54, 1.807) is 0 Å². The van der Waals surface area contributed by atoms with E-state index < -0.39 is 66.2 Å². The van der Waals surface area contributed by atoms with Crippen LogP contribution in [-0.4, -0.2) is 44.3 Å². The van der Waals surface area contributed by atoms with E-state index in [1.807, 2.05) is 0 Å². The molecule has 0 aliphatic heterocycles. The zero-order valence-electron chi connectivity index (χ0n) is 14.4. The molecule has 172 valence electrons. The normalized spacial score (nSPS) is 10.2. The van der Waals surface area contributed by atoms with Gasteiger partial charge in [0.1, 0.15) is 0 Å². The highest BCUT2D eigenvalue weighted by molar-refractivity contribution is 6.55. The molecule has 4 N–H and O–H groups in total. The first-order valence-electron chi connectivity index (χ1n) is 7.22. The second kappa shape index (κ2) is 11.2. The van der Waals surface area contributed by atoms with Crippen molar-refractivity contribution >= 4 is 117 Å². The van der Waals surface area contributed by atoms with Gasteiger partial charge in [-0.15, -0.1) is 0 Å². The lowest BCUT2D eigenvalue weighted by molar-refractivity contribution is 0.0652. The molecule has 0 bridgehead atoms. The van der Waals surface area contributed by atoms with Crippen molar-refractivity contribution < 1.29 is 39.6 Å². The summed E-state index contributed by atoms with van der Waals surface area (Å²) in [4.78, 5) is 43.4. The molecule has 8 nitrogen and oxygen atoms in total. The standard InChI is InChI=1S/2C8H2Cl4O4/c2*9-3-1(7(13)14)2(8(15)16)4(10)6(12)5(3)11/h2*(H,13,14)(H,15,16). The molecule has 0 radical (unpaired) electrons. The number of carboxylic acid groups (broad SMARTS) is 4. The first kappa shape index (κ1) is 28.7. The fourth-order valence-electron chi connectivity index (χ4n) is 2.07. The number of carboxylic acids is 4. The van der Waals surface area contributed by atoms with Gasteiger partial charge in [-0.25, -0.2) is 19.2 Å². The SMILES string of the molecule is O=C(O)c1c(Cl)c(Cl)c(Cl)c(Cl)c1C(=O)O.O=C(O)c1c(Cl)c(Cl)c(Cl)c(Cl)c1C(=O)O. The van der Waals surface area contributed by atoms with Gasteiger partial charge < -0.3 is 20.4 Å². The minimum Gasteiger partial charge on any atom is -0.478 e. The van der Waals surface area contributed by atoms with Gasteiger partial charge in [-0.3, -0.25) is 0 Å². The van der Waals surface area contributed by atoms with E-state index in [1.165, 1.54) is 0 Å². The van der Waals surface area contributed by atoms with Crippen molar-refractivity contribution in [1.82, 2.24) is 0 Å². The monoisotopic (exact) mass is 604 g/mol. The Kier molecular flexibility index (Phi) is 10.0. The van der Waals surface area contributed by atoms with E-state index in [2.05, 4.69) is 0 Å². The predicted octanol–water partition coefficient (Wildman–Crippen LogP) is 7.39. The molecule has 0 heterocycles. The second-order valence-electron chi connectivity index (χ2n) is 5.23. The molecule has 0 amide bonds. The second-order valence-corrected chi connectivity index (χ2v) is 8.26. The van der Waals surface area contributed by atoms with Crippen molar-refractivity contribution in [2.24, 2.45) is 0 Å². The minimum atomic E-state index is -1.55. The molecule has 0 aliphatic rings. The molecule has 2 aromatic carbocycles. The van der Waals surface area contributed by atoms with Crippen LogP contribution in [0.3, 0.4) is 0 Å². The van der Waals surface area contributed by atoms with E-state index in [0.717, 1.165) is 0 Å². The largest absolute Gasteiger partial charge is 0.478 e. The van der Waals surface area contributed by atoms with Crippen molar-refractivity contribution in [2.45, 2.75) is 0 Å². The highest BCUT2D eigenvalue weighted by Crippen LogP contribution is 2.42. The van der Waals surface area contributed by atoms with Crippen molar-refractivity contribution in [1.29, 1.82) is 0 Å². The van der Waals surface area contributed by atoms with Gasteiger partial charge in [0.15, 0.2) is 0 Å². The maximum absolute atomic E-state index is 10.9. The van der Waals surface area contributed by atoms with Gasteiger partial charge in [0.05, 0.1) is 62.4 Å². The zero-order chi connectivity index (χ0) is 25.2. The summed E-state index contributed by atoms with van der Waals surface area (Å²) >= 11 is 44.8. The Balaban J connectivity index is 0.000000320. The molecule has 0 aromatic heterocycles. The van der Waals surface area contributed by atoms with Crippen LogP contribution in [0.1, 0.15) is 41.4 Å². The molecule has 0 saturated heterocycles. The molecular formula is C16H4Cl8O8. The van der Waals surface area contributed by atoms with Gasteiger partial charge in [0.2, 0.25) is 0 Å². The van der Waals surface area contributed by atoms with Crippen LogP contribution in [0.5, 0.6) is 0 Å². The van der Waals surface area contributed by atoms with E-state index >= 15 is 0 Å². The lowest BCUT2D eigenvalue weighted by Gasteiger charge is -2.10. The Morgan fingerprint density at radius 1 is 0.344 bits per heavy atom. The number of hydrogen-bond acceptors (Lipinski definition) is 4. The Bertz CT molecular complexity index is 997. The fourth-order valence-corrected chi connectivity index (χ4v) is 4.10. The topological polar surface area (TPSA) is 149 Å². The van der Waals surface area contributed by atoms with Crippen LogP contribution in [0.2, 0.25) is 40.2 Å². The molecule has 0 spiro atoms. The number of aromatic carboxylic acids is 4. The summed E-state index contributed by atoms with van der Waals surface area (Å²) in [6.45, 7) is 0. The van der Waals surface area contributed by atoms with Crippen LogP contribution < -0.4 is 0 Å². The summed E-state index contributed by atoms with van der Waals surface area (Å²) < 4.78 is 0. The third kappa shape index (κ3) is 5.58. The van der Waals surface area contributed by atoms with E-state index in [0.29, 0.717) is 0 Å². The molecule has 32 heavy (non-hydrogen) atoms. The summed E-state index contributed by atoms with van der Waals surface area (Å²) in [5.41, 5.74) is -2.75. The highest BCUT2D eigenvalue weighted by Gasteiger charge is 2.29. The Morgan fingerprint density at radius 3 is 0.562 bits per heavy atom. The van der Waals surface area contributed by atoms with Crippen molar-refractivity contribution in [3.8, 4) is 0 Å². The molecule has 0 atom stereocenters. The third-order valence-electron chi connectivity index (χ3n) is 3.39. The van der Waals surface area contributed by atoms with Crippen LogP contribution in [0.25, 0.3) is 0 Å². The summed E-state index contributed by atoms with van der Waals surface area (Å²) in [6, 6.07) is 0. The average molecular weight is 608 g/mol. The first-order chi connectivity index (χ1) is 14.6. The Hall–Kier alpha value is -1.36. The van der Waals surface area contributed by atoms with Gasteiger partial charge in [-0.05, 0) is 0 Å². The maximum atomic E-state index is 10.9. The van der Waals surface area contributed by atoms with Gasteiger partial charge in [0, 0.05) is 0 Å². The van der Waals surface area contributed by atoms with Crippen LogP contribution in [0.4, 0.5) is 0 Å². The summed E-state index contributed by atoms with van der Waals surface area (Å²) in [5.74, 6) is -6.21. The lowest BCUT2D eigenvalue weighted by Crippen LogP contribution is -2.10. The number of benzene rings is 2. The number of halogens is 8. The van der Waals surface area contributed by atoms with Crippen molar-refractivity contribution in [3.63, 3.8) is 0 Å². The van der Waals surface area contributed by atoms with Crippen LogP contribution in [0.15, 0.2) is 0 Å². The lowest BCUT2D eigenvalue weighted by atomic mass is 10.1. The highest BCUT2D eigenvalue weighted by atomic mass is 35.5. The predicted molar refractivity (Wildman–Crippen MR) is 121 cm³/mol. The van der Waals surface area contributed by atoms with E-state index in [9.17, 15) is 19.2 Å². The molecule has 16 heteroatoms. The Morgan fingerprint density at radius 2 is 0.469 bits per heavy atom. The molecule has 0 saturated carbocycles. The molecule has 2 aromatic rings. The van der Waals surface area contributed by atoms with E-state index in [-0.39, 0.29) is 20.1 Å². The van der Waals surface area contributed by atoms with Crippen LogP contribution in [0, 0.1) is 0 Å². The minimum absolute atomic E-state index is 0.296. The number of rotatable bonds is 4. The number of hydrogen-bond donors (Lipinski definition) is 4. The first-order valence-corrected chi connectivity index (χ1v) is 10.2. The molecular weight excluding hydrogens is 604 g/mol. The average Bonchev–Trinajstić information content (AvgIpc) is 2.69.